The molecule has 9 rings (SSSR count). The summed E-state index contributed by atoms with van der Waals surface area (Å²) in [4.78, 5) is 72.1. The number of ether oxygens (including phenoxy) is 2. The first kappa shape index (κ1) is 41.1. The summed E-state index contributed by atoms with van der Waals surface area (Å²) in [5, 5.41) is 13.0. The van der Waals surface area contributed by atoms with Crippen LogP contribution in [0.2, 0.25) is 0 Å². The number of H-pyrrole nitrogens is 2. The summed E-state index contributed by atoms with van der Waals surface area (Å²) in [5.74, 6) is 1.06. The zero-order valence-electron chi connectivity index (χ0n) is 36.1. The number of nitrogens with one attached hydrogen (secondary N) is 6. The number of carbonyl (C=O) groups excluding carboxylic acids is 4. The van der Waals surface area contributed by atoms with Gasteiger partial charge in [0.25, 0.3) is 0 Å². The van der Waals surface area contributed by atoms with Crippen molar-refractivity contribution in [3.05, 3.63) is 82.4 Å². The fourth-order valence-electron chi connectivity index (χ4n) is 9.85. The Morgan fingerprint density at radius 2 is 1.08 bits per heavy atom. The van der Waals surface area contributed by atoms with Crippen molar-refractivity contribution in [2.45, 2.75) is 102 Å². The number of hydrogen-bond acceptors (Lipinski definition) is 10. The molecule has 0 spiro atoms. The molecule has 0 bridgehead atoms. The first-order valence-electron chi connectivity index (χ1n) is 21.9. The number of amides is 4. The van der Waals surface area contributed by atoms with Crippen LogP contribution in [-0.4, -0.2) is 93.1 Å². The van der Waals surface area contributed by atoms with E-state index in [1.54, 1.807) is 0 Å². The van der Waals surface area contributed by atoms with E-state index in [4.69, 9.17) is 19.4 Å². The number of fused-ring (bicyclic) bond motifs is 4. The number of hydrogen-bond donors (Lipinski definition) is 6. The largest absolute Gasteiger partial charge is 0.453 e. The maximum Gasteiger partial charge on any atom is 0.407 e. The quantitative estimate of drug-likeness (QED) is 0.0856. The van der Waals surface area contributed by atoms with Gasteiger partial charge in [-0.1, -0.05) is 45.9 Å². The Kier molecular flexibility index (Phi) is 10.9. The molecule has 6 heterocycles. The smallest absolute Gasteiger partial charge is 0.407 e. The van der Waals surface area contributed by atoms with E-state index in [-0.39, 0.29) is 47.8 Å². The van der Waals surface area contributed by atoms with E-state index in [9.17, 15) is 19.2 Å². The van der Waals surface area contributed by atoms with Gasteiger partial charge >= 0.3 is 12.2 Å². The van der Waals surface area contributed by atoms with Gasteiger partial charge in [-0.05, 0) is 103 Å². The summed E-state index contributed by atoms with van der Waals surface area (Å²) in [6.45, 7) is 8.86. The van der Waals surface area contributed by atoms with Crippen molar-refractivity contribution in [3.63, 3.8) is 0 Å². The number of imidazole rings is 2. The first-order chi connectivity index (χ1) is 29.9. The second-order valence-corrected chi connectivity index (χ2v) is 17.9. The number of anilines is 2. The Morgan fingerprint density at radius 3 is 1.48 bits per heavy atom. The van der Waals surface area contributed by atoms with Crippen LogP contribution in [0, 0.1) is 11.8 Å². The minimum Gasteiger partial charge on any atom is -0.453 e. The molecule has 0 aliphatic carbocycles. The summed E-state index contributed by atoms with van der Waals surface area (Å²) in [6.07, 6.45) is 3.78. The van der Waals surface area contributed by atoms with E-state index in [2.05, 4.69) is 67.6 Å². The predicted molar refractivity (Wildman–Crippen MR) is 234 cm³/mol. The van der Waals surface area contributed by atoms with Crippen molar-refractivity contribution < 1.29 is 28.7 Å². The van der Waals surface area contributed by atoms with Gasteiger partial charge < -0.3 is 50.5 Å². The first-order valence-corrected chi connectivity index (χ1v) is 21.9. The fraction of sp³-hybridized carbons (Fsp3) is 0.478. The van der Waals surface area contributed by atoms with Gasteiger partial charge in [0, 0.05) is 24.5 Å². The third kappa shape index (κ3) is 7.64. The molecule has 16 nitrogen and oxygen atoms in total. The van der Waals surface area contributed by atoms with E-state index in [0.717, 1.165) is 94.7 Å². The van der Waals surface area contributed by atoms with Crippen LogP contribution < -0.4 is 21.3 Å². The van der Waals surface area contributed by atoms with Gasteiger partial charge in [0.05, 0.1) is 60.5 Å². The summed E-state index contributed by atoms with van der Waals surface area (Å²) in [6, 6.07) is 15.7. The summed E-state index contributed by atoms with van der Waals surface area (Å²) >= 11 is 0. The lowest BCUT2D eigenvalue weighted by molar-refractivity contribution is -0.136. The number of aromatic amines is 2. The molecule has 4 aliphatic heterocycles. The monoisotopic (exact) mass is 844 g/mol. The van der Waals surface area contributed by atoms with Gasteiger partial charge in [-0.3, -0.25) is 9.59 Å². The molecule has 62 heavy (non-hydrogen) atoms. The lowest BCUT2D eigenvalue weighted by atomic mass is 9.98. The lowest BCUT2D eigenvalue weighted by Gasteiger charge is -2.29. The average Bonchev–Trinajstić information content (AvgIpc) is 4.12. The van der Waals surface area contributed by atoms with Crippen LogP contribution in [-0.2, 0) is 31.9 Å². The Labute approximate surface area is 360 Å². The zero-order valence-corrected chi connectivity index (χ0v) is 36.1. The number of likely N-dealkylation sites (tertiary alicyclic amines) is 2. The number of rotatable bonds is 10. The van der Waals surface area contributed by atoms with Gasteiger partial charge in [-0.2, -0.15) is 0 Å². The second kappa shape index (κ2) is 16.5. The van der Waals surface area contributed by atoms with Crippen molar-refractivity contribution in [3.8, 4) is 0 Å². The molecule has 6 N–H and O–H groups in total. The summed E-state index contributed by atoms with van der Waals surface area (Å²) in [5.41, 5.74) is 10.7. The molecule has 3 aromatic carbocycles. The van der Waals surface area contributed by atoms with Crippen LogP contribution in [0.1, 0.15) is 111 Å². The Hall–Kier alpha value is -6.32. The molecule has 0 radical (unpaired) electrons. The number of aromatic nitrogens is 4. The molecular formula is C46H56N10O6. The zero-order chi connectivity index (χ0) is 43.4. The number of alkyl carbamates (subject to hydrolysis) is 2. The van der Waals surface area contributed by atoms with Crippen molar-refractivity contribution in [1.29, 1.82) is 0 Å². The molecule has 2 saturated heterocycles. The maximum atomic E-state index is 13.7. The van der Waals surface area contributed by atoms with E-state index in [0.29, 0.717) is 13.1 Å². The SMILES string of the molecule is COC(=O)NC(C(=O)N1CCCC1c1nc2ccc(C3Cc4cc5c(cc4N3)NC(c3ccc4nc(C6CCCN6C(=O)C(NC(=O)OC)C(C)C)[nH]c4c3)C5)cc2[nH]1)C(C)C. The van der Waals surface area contributed by atoms with Crippen LogP contribution in [0.5, 0.6) is 0 Å². The van der Waals surface area contributed by atoms with Crippen LogP contribution in [0.25, 0.3) is 22.1 Å². The predicted octanol–water partition coefficient (Wildman–Crippen LogP) is 6.95. The topological polar surface area (TPSA) is 199 Å². The summed E-state index contributed by atoms with van der Waals surface area (Å²) < 4.78 is 9.58. The molecule has 6 atom stereocenters. The normalized spacial score (nSPS) is 21.5. The number of methoxy groups -OCH3 is 2. The molecule has 326 valence electrons. The molecule has 4 amide bonds. The van der Waals surface area contributed by atoms with E-state index < -0.39 is 24.3 Å². The maximum absolute atomic E-state index is 13.7. The van der Waals surface area contributed by atoms with Gasteiger partial charge in [0.15, 0.2) is 0 Å². The molecule has 5 aromatic rings. The number of benzene rings is 3. The third-order valence-corrected chi connectivity index (χ3v) is 13.2. The number of nitrogens with zero attached hydrogens (tertiary/aromatic N) is 4. The van der Waals surface area contributed by atoms with Gasteiger partial charge in [-0.25, -0.2) is 19.6 Å². The Morgan fingerprint density at radius 1 is 0.645 bits per heavy atom. The highest BCUT2D eigenvalue weighted by Gasteiger charge is 2.39. The van der Waals surface area contributed by atoms with E-state index >= 15 is 0 Å². The molecule has 2 aromatic heterocycles. The summed E-state index contributed by atoms with van der Waals surface area (Å²) in [7, 11) is 2.60. The highest BCUT2D eigenvalue weighted by atomic mass is 16.5. The van der Waals surface area contributed by atoms with Gasteiger partial charge in [-0.15, -0.1) is 0 Å². The lowest BCUT2D eigenvalue weighted by Crippen LogP contribution is -2.51. The standard InChI is InChI=1S/C46H56N10O6/c1-23(2)39(53-45(59)61-5)43(57)55-15-7-9-37(55)41-49-29-13-11-25(18-35(29)51-41)31-20-27-17-28-21-32(48-34(28)22-33(27)47-31)26-12-14-30-36(19-26)52-42(50-30)38-10-8-16-56(38)44(58)40(24(3)4)54-46(60)62-6/h11-14,17-19,22-24,31-32,37-40,47-48H,7-10,15-16,20-21H2,1-6H3,(H,49,51)(H,50,52)(H,53,59)(H,54,60). The third-order valence-electron chi connectivity index (χ3n) is 13.2. The van der Waals surface area contributed by atoms with E-state index in [1.807, 2.05) is 49.6 Å². The Balaban J connectivity index is 0.861. The molecular weight excluding hydrogens is 789 g/mol. The Bertz CT molecular complexity index is 2340. The van der Waals surface area contributed by atoms with Crippen LogP contribution in [0.15, 0.2) is 48.5 Å². The van der Waals surface area contributed by atoms with Crippen molar-refractivity contribution in [2.24, 2.45) is 11.8 Å². The van der Waals surface area contributed by atoms with Gasteiger partial charge in [0.2, 0.25) is 11.8 Å². The van der Waals surface area contributed by atoms with Crippen molar-refractivity contribution in [2.75, 3.05) is 37.9 Å². The van der Waals surface area contributed by atoms with Crippen LogP contribution in [0.4, 0.5) is 21.0 Å². The average molecular weight is 845 g/mol. The highest BCUT2D eigenvalue weighted by Crippen LogP contribution is 2.43. The second-order valence-electron chi connectivity index (χ2n) is 17.9. The minimum absolute atomic E-state index is 0.101. The molecule has 6 unspecified atom stereocenters. The molecule has 2 fully saturated rings. The van der Waals surface area contributed by atoms with Crippen molar-refractivity contribution >= 4 is 57.4 Å². The van der Waals surface area contributed by atoms with Crippen LogP contribution >= 0.6 is 0 Å². The van der Waals surface area contributed by atoms with Crippen LogP contribution in [0.3, 0.4) is 0 Å². The van der Waals surface area contributed by atoms with Crippen molar-refractivity contribution in [1.82, 2.24) is 40.4 Å². The fourth-order valence-corrected chi connectivity index (χ4v) is 9.85. The molecule has 16 heteroatoms. The molecule has 0 saturated carbocycles. The molecule has 4 aliphatic rings. The highest BCUT2D eigenvalue weighted by molar-refractivity contribution is 5.88. The minimum atomic E-state index is -0.685. The van der Waals surface area contributed by atoms with E-state index in [1.165, 1.54) is 25.3 Å². The number of carbonyl (C=O) groups is 4. The van der Waals surface area contributed by atoms with Gasteiger partial charge in [0.1, 0.15) is 23.7 Å².